The van der Waals surface area contributed by atoms with Crippen LogP contribution in [-0.4, -0.2) is 32.2 Å². The highest BCUT2D eigenvalue weighted by molar-refractivity contribution is 7.09. The van der Waals surface area contributed by atoms with Crippen molar-refractivity contribution in [3.63, 3.8) is 0 Å². The van der Waals surface area contributed by atoms with E-state index < -0.39 is 0 Å². The van der Waals surface area contributed by atoms with Crippen molar-refractivity contribution in [1.29, 1.82) is 0 Å². The number of aromatic nitrogens is 4. The zero-order valence-corrected chi connectivity index (χ0v) is 17.7. The van der Waals surface area contributed by atoms with Crippen molar-refractivity contribution in [2.45, 2.75) is 58.4 Å². The van der Waals surface area contributed by atoms with Crippen molar-refractivity contribution < 1.29 is 4.79 Å². The number of pyridine rings is 1. The van der Waals surface area contributed by atoms with Gasteiger partial charge in [-0.05, 0) is 18.6 Å². The van der Waals surface area contributed by atoms with Gasteiger partial charge in [-0.1, -0.05) is 40.2 Å². The summed E-state index contributed by atoms with van der Waals surface area (Å²) >= 11 is 1.65. The predicted molar refractivity (Wildman–Crippen MR) is 112 cm³/mol. The van der Waals surface area contributed by atoms with E-state index in [4.69, 9.17) is 0 Å². The molecule has 0 aromatic carbocycles. The van der Waals surface area contributed by atoms with E-state index in [-0.39, 0.29) is 17.5 Å². The van der Waals surface area contributed by atoms with E-state index >= 15 is 0 Å². The fourth-order valence-corrected chi connectivity index (χ4v) is 3.94. The van der Waals surface area contributed by atoms with Crippen LogP contribution in [0.25, 0.3) is 5.65 Å². The first-order valence-electron chi connectivity index (χ1n) is 9.67. The van der Waals surface area contributed by atoms with Crippen LogP contribution in [0.2, 0.25) is 0 Å². The fourth-order valence-electron chi connectivity index (χ4n) is 2.91. The minimum absolute atomic E-state index is 0.0495. The second-order valence-corrected chi connectivity index (χ2v) is 8.80. The lowest BCUT2D eigenvalue weighted by atomic mass is 9.93. The first-order chi connectivity index (χ1) is 13.4. The Kier molecular flexibility index (Phi) is 6.28. The van der Waals surface area contributed by atoms with Gasteiger partial charge < -0.3 is 10.6 Å². The van der Waals surface area contributed by atoms with Crippen molar-refractivity contribution in [2.24, 2.45) is 0 Å². The van der Waals surface area contributed by atoms with E-state index in [1.165, 1.54) is 0 Å². The summed E-state index contributed by atoms with van der Waals surface area (Å²) in [6, 6.07) is 5.38. The number of carbonyl (C=O) groups is 1. The number of fused-ring (bicyclic) bond motifs is 1. The Morgan fingerprint density at radius 3 is 2.82 bits per heavy atom. The molecule has 3 rings (SSSR count). The van der Waals surface area contributed by atoms with Crippen molar-refractivity contribution >= 4 is 23.0 Å². The number of nitrogens with one attached hydrogen (secondary N) is 2. The Morgan fingerprint density at radius 2 is 2.11 bits per heavy atom. The average Bonchev–Trinajstić information content (AvgIpc) is 3.28. The number of thiazole rings is 1. The molecule has 28 heavy (non-hydrogen) atoms. The van der Waals surface area contributed by atoms with Crippen LogP contribution < -0.4 is 10.6 Å². The fraction of sp³-hybridized carbons (Fsp3) is 0.500. The van der Waals surface area contributed by atoms with Gasteiger partial charge in [0.25, 0.3) is 0 Å². The summed E-state index contributed by atoms with van der Waals surface area (Å²) in [4.78, 5) is 17.1. The molecule has 0 bridgehead atoms. The van der Waals surface area contributed by atoms with Crippen LogP contribution in [0.15, 0.2) is 29.8 Å². The SMILES string of the molecule is CCCC(NC(=O)NCCc1nc(C(C)(C)C)cs1)c1nnc2ccccn12. The zero-order valence-electron chi connectivity index (χ0n) is 16.9. The molecule has 2 N–H and O–H groups in total. The molecular formula is C20H28N6OS. The van der Waals surface area contributed by atoms with Gasteiger partial charge in [-0.3, -0.25) is 4.40 Å². The van der Waals surface area contributed by atoms with Gasteiger partial charge in [0.1, 0.15) is 0 Å². The molecule has 2 amide bonds. The lowest BCUT2D eigenvalue weighted by Crippen LogP contribution is -2.39. The molecule has 3 aromatic heterocycles. The van der Waals surface area contributed by atoms with E-state index in [2.05, 4.69) is 58.9 Å². The van der Waals surface area contributed by atoms with E-state index in [0.717, 1.165) is 41.4 Å². The summed E-state index contributed by atoms with van der Waals surface area (Å²) < 4.78 is 1.92. The highest BCUT2D eigenvalue weighted by Gasteiger charge is 2.20. The third-order valence-corrected chi connectivity index (χ3v) is 5.39. The van der Waals surface area contributed by atoms with E-state index in [0.29, 0.717) is 6.54 Å². The molecule has 150 valence electrons. The molecule has 0 radical (unpaired) electrons. The highest BCUT2D eigenvalue weighted by Crippen LogP contribution is 2.24. The van der Waals surface area contributed by atoms with Crippen LogP contribution in [-0.2, 0) is 11.8 Å². The van der Waals surface area contributed by atoms with Gasteiger partial charge in [0.2, 0.25) is 0 Å². The molecule has 0 saturated heterocycles. The Bertz CT molecular complexity index is 926. The van der Waals surface area contributed by atoms with Gasteiger partial charge in [0.15, 0.2) is 11.5 Å². The van der Waals surface area contributed by atoms with E-state index in [1.807, 2.05) is 28.8 Å². The van der Waals surface area contributed by atoms with Gasteiger partial charge in [-0.15, -0.1) is 21.5 Å². The summed E-state index contributed by atoms with van der Waals surface area (Å²) in [5.41, 5.74) is 1.92. The molecule has 0 saturated carbocycles. The number of hydrogen-bond acceptors (Lipinski definition) is 5. The third kappa shape index (κ3) is 4.86. The Hall–Kier alpha value is -2.48. The molecule has 1 unspecified atom stereocenters. The summed E-state index contributed by atoms with van der Waals surface area (Å²) in [7, 11) is 0. The predicted octanol–water partition coefficient (Wildman–Crippen LogP) is 3.87. The van der Waals surface area contributed by atoms with Gasteiger partial charge in [0, 0.05) is 30.0 Å². The summed E-state index contributed by atoms with van der Waals surface area (Å²) in [6.45, 7) is 9.09. The molecule has 3 heterocycles. The smallest absolute Gasteiger partial charge is 0.315 e. The minimum Gasteiger partial charge on any atom is -0.338 e. The maximum absolute atomic E-state index is 12.4. The normalized spacial score (nSPS) is 12.9. The van der Waals surface area contributed by atoms with Gasteiger partial charge in [0.05, 0.1) is 16.7 Å². The highest BCUT2D eigenvalue weighted by atomic mass is 32.1. The number of rotatable bonds is 7. The van der Waals surface area contributed by atoms with Crippen LogP contribution in [0.4, 0.5) is 4.79 Å². The summed E-state index contributed by atoms with van der Waals surface area (Å²) in [6.07, 6.45) is 4.37. The second kappa shape index (κ2) is 8.68. The molecule has 1 atom stereocenters. The topological polar surface area (TPSA) is 84.2 Å². The molecule has 0 aliphatic carbocycles. The first-order valence-corrected chi connectivity index (χ1v) is 10.6. The standard InChI is InChI=1S/C20H28N6OS/c1-5-8-14(18-25-24-16-9-6-7-12-26(16)18)22-19(27)21-11-10-17-23-15(13-28-17)20(2,3)4/h6-7,9,12-14H,5,8,10-11H2,1-4H3,(H2,21,22,27). The molecule has 0 aliphatic rings. The van der Waals surface area contributed by atoms with Gasteiger partial charge in [-0.25, -0.2) is 9.78 Å². The lowest BCUT2D eigenvalue weighted by Gasteiger charge is -2.17. The Morgan fingerprint density at radius 1 is 1.29 bits per heavy atom. The minimum atomic E-state index is -0.196. The first kappa shape index (κ1) is 20.3. The van der Waals surface area contributed by atoms with Crippen molar-refractivity contribution in [3.8, 4) is 0 Å². The zero-order chi connectivity index (χ0) is 20.1. The molecule has 0 spiro atoms. The van der Waals surface area contributed by atoms with Crippen LogP contribution >= 0.6 is 11.3 Å². The molecule has 7 nitrogen and oxygen atoms in total. The average molecular weight is 401 g/mol. The van der Waals surface area contributed by atoms with Crippen molar-refractivity contribution in [2.75, 3.05) is 6.54 Å². The number of carbonyl (C=O) groups excluding carboxylic acids is 1. The second-order valence-electron chi connectivity index (χ2n) is 7.86. The van der Waals surface area contributed by atoms with Crippen LogP contribution in [0.5, 0.6) is 0 Å². The third-order valence-electron chi connectivity index (χ3n) is 4.48. The maximum atomic E-state index is 12.4. The lowest BCUT2D eigenvalue weighted by molar-refractivity contribution is 0.235. The summed E-state index contributed by atoms with van der Waals surface area (Å²) in [5.74, 6) is 0.752. The molecule has 3 aromatic rings. The Labute approximate surface area is 169 Å². The molecule has 8 heteroatoms. The van der Waals surface area contributed by atoms with Crippen LogP contribution in [0, 0.1) is 0 Å². The van der Waals surface area contributed by atoms with Crippen molar-refractivity contribution in [1.82, 2.24) is 30.2 Å². The summed E-state index contributed by atoms with van der Waals surface area (Å²) in [5, 5.41) is 17.6. The number of urea groups is 1. The number of amides is 2. The van der Waals surface area contributed by atoms with Crippen molar-refractivity contribution in [3.05, 3.63) is 46.3 Å². The quantitative estimate of drug-likeness (QED) is 0.631. The Balaban J connectivity index is 1.57. The monoisotopic (exact) mass is 400 g/mol. The maximum Gasteiger partial charge on any atom is 0.315 e. The number of nitrogens with zero attached hydrogens (tertiary/aromatic N) is 4. The van der Waals surface area contributed by atoms with E-state index in [9.17, 15) is 4.79 Å². The molecule has 0 aliphatic heterocycles. The number of hydrogen-bond donors (Lipinski definition) is 2. The molecular weight excluding hydrogens is 372 g/mol. The van der Waals surface area contributed by atoms with Crippen LogP contribution in [0.3, 0.4) is 0 Å². The largest absolute Gasteiger partial charge is 0.338 e. The van der Waals surface area contributed by atoms with Gasteiger partial charge >= 0.3 is 6.03 Å². The van der Waals surface area contributed by atoms with Crippen LogP contribution in [0.1, 0.15) is 63.1 Å². The van der Waals surface area contributed by atoms with Gasteiger partial charge in [-0.2, -0.15) is 0 Å². The van der Waals surface area contributed by atoms with E-state index in [1.54, 1.807) is 11.3 Å². The molecule has 0 fully saturated rings.